The summed E-state index contributed by atoms with van der Waals surface area (Å²) in [6, 6.07) is 5.13. The number of carbonyl (C=O) groups excluding carboxylic acids is 1. The van der Waals surface area contributed by atoms with Crippen molar-refractivity contribution in [1.29, 1.82) is 0 Å². The summed E-state index contributed by atoms with van der Waals surface area (Å²) in [5.41, 5.74) is 1.55. The summed E-state index contributed by atoms with van der Waals surface area (Å²) in [5.74, 6) is 0.805. The second kappa shape index (κ2) is 6.70. The molecule has 0 unspecified atom stereocenters. The number of hydrogen-bond donors (Lipinski definition) is 1. The highest BCUT2D eigenvalue weighted by Crippen LogP contribution is 2.30. The fourth-order valence-corrected chi connectivity index (χ4v) is 2.33. The van der Waals surface area contributed by atoms with Gasteiger partial charge in [-0.05, 0) is 26.0 Å². The Hall–Kier alpha value is -2.21. The van der Waals surface area contributed by atoms with Gasteiger partial charge in [-0.3, -0.25) is 9.48 Å². The van der Waals surface area contributed by atoms with Gasteiger partial charge in [0.15, 0.2) is 11.5 Å². The molecule has 0 fully saturated rings. The Morgan fingerprint density at radius 3 is 2.59 bits per heavy atom. The van der Waals surface area contributed by atoms with Gasteiger partial charge in [-0.2, -0.15) is 5.10 Å². The second-order valence-electron chi connectivity index (χ2n) is 4.59. The van der Waals surface area contributed by atoms with E-state index in [1.54, 1.807) is 36.9 Å². The molecule has 0 saturated carbocycles. The van der Waals surface area contributed by atoms with E-state index < -0.39 is 0 Å². The molecule has 0 aliphatic carbocycles. The average molecular weight is 324 g/mol. The molecule has 22 heavy (non-hydrogen) atoms. The second-order valence-corrected chi connectivity index (χ2v) is 4.97. The van der Waals surface area contributed by atoms with Gasteiger partial charge in [-0.15, -0.1) is 0 Å². The van der Waals surface area contributed by atoms with Gasteiger partial charge in [-0.1, -0.05) is 11.6 Å². The summed E-state index contributed by atoms with van der Waals surface area (Å²) in [5, 5.41) is 7.39. The average Bonchev–Trinajstić information content (AvgIpc) is 2.82. The molecular formula is C15H18ClN3O3. The number of anilines is 1. The summed E-state index contributed by atoms with van der Waals surface area (Å²) in [4.78, 5) is 12.5. The highest BCUT2D eigenvalue weighted by atomic mass is 35.5. The maximum Gasteiger partial charge on any atom is 0.275 e. The van der Waals surface area contributed by atoms with Crippen molar-refractivity contribution in [1.82, 2.24) is 9.78 Å². The summed E-state index contributed by atoms with van der Waals surface area (Å²) < 4.78 is 12.0. The zero-order chi connectivity index (χ0) is 16.3. The van der Waals surface area contributed by atoms with Crippen molar-refractivity contribution in [2.75, 3.05) is 19.5 Å². The lowest BCUT2D eigenvalue weighted by atomic mass is 10.2. The van der Waals surface area contributed by atoms with E-state index >= 15 is 0 Å². The number of hydrogen-bond acceptors (Lipinski definition) is 4. The van der Waals surface area contributed by atoms with E-state index in [0.29, 0.717) is 40.1 Å². The number of rotatable bonds is 5. The van der Waals surface area contributed by atoms with Crippen LogP contribution in [0.2, 0.25) is 5.02 Å². The molecule has 1 amide bonds. The lowest BCUT2D eigenvalue weighted by Gasteiger charge is -2.11. The monoisotopic (exact) mass is 323 g/mol. The Morgan fingerprint density at radius 1 is 1.32 bits per heavy atom. The Labute approximate surface area is 134 Å². The number of aryl methyl sites for hydroxylation is 2. The smallest absolute Gasteiger partial charge is 0.275 e. The number of ether oxygens (including phenoxy) is 2. The van der Waals surface area contributed by atoms with Crippen LogP contribution in [0.25, 0.3) is 0 Å². The van der Waals surface area contributed by atoms with Gasteiger partial charge < -0.3 is 14.8 Å². The predicted molar refractivity (Wildman–Crippen MR) is 85.1 cm³/mol. The van der Waals surface area contributed by atoms with E-state index in [1.807, 2.05) is 6.92 Å². The molecule has 0 saturated heterocycles. The molecule has 1 heterocycles. The molecule has 2 aromatic rings. The van der Waals surface area contributed by atoms with Crippen molar-refractivity contribution in [3.05, 3.63) is 34.6 Å². The number of carbonyl (C=O) groups is 1. The van der Waals surface area contributed by atoms with Crippen LogP contribution in [-0.2, 0) is 6.54 Å². The molecule has 1 aromatic carbocycles. The first-order valence-corrected chi connectivity index (χ1v) is 7.15. The third kappa shape index (κ3) is 3.01. The molecule has 0 aliphatic rings. The number of methoxy groups -OCH3 is 2. The van der Waals surface area contributed by atoms with Crippen molar-refractivity contribution in [2.45, 2.75) is 20.4 Å². The quantitative estimate of drug-likeness (QED) is 0.918. The van der Waals surface area contributed by atoms with Gasteiger partial charge in [0.05, 0.1) is 24.9 Å². The zero-order valence-electron chi connectivity index (χ0n) is 12.9. The molecule has 2 rings (SSSR count). The normalized spacial score (nSPS) is 10.4. The third-order valence-electron chi connectivity index (χ3n) is 3.21. The van der Waals surface area contributed by atoms with Crippen LogP contribution in [0.5, 0.6) is 11.5 Å². The van der Waals surface area contributed by atoms with Gasteiger partial charge in [0, 0.05) is 18.3 Å². The van der Waals surface area contributed by atoms with Crippen LogP contribution in [0.15, 0.2) is 18.2 Å². The Kier molecular flexibility index (Phi) is 4.92. The highest BCUT2D eigenvalue weighted by molar-refractivity contribution is 6.34. The number of nitrogens with one attached hydrogen (secondary N) is 1. The van der Waals surface area contributed by atoms with Crippen LogP contribution in [0, 0.1) is 6.92 Å². The minimum atomic E-state index is -0.320. The van der Waals surface area contributed by atoms with Crippen LogP contribution in [-0.4, -0.2) is 29.9 Å². The van der Waals surface area contributed by atoms with Crippen LogP contribution in [0.3, 0.4) is 0 Å². The van der Waals surface area contributed by atoms with Crippen molar-refractivity contribution in [2.24, 2.45) is 0 Å². The summed E-state index contributed by atoms with van der Waals surface area (Å²) in [6.07, 6.45) is 0. The molecular weight excluding hydrogens is 306 g/mol. The first-order chi connectivity index (χ1) is 10.5. The van der Waals surface area contributed by atoms with Gasteiger partial charge in [0.1, 0.15) is 5.69 Å². The summed E-state index contributed by atoms with van der Waals surface area (Å²) in [7, 11) is 3.09. The molecule has 6 nitrogen and oxygen atoms in total. The Bertz CT molecular complexity index is 698. The lowest BCUT2D eigenvalue weighted by Crippen LogP contribution is -2.17. The van der Waals surface area contributed by atoms with Crippen molar-refractivity contribution in [3.63, 3.8) is 0 Å². The van der Waals surface area contributed by atoms with Gasteiger partial charge >= 0.3 is 0 Å². The number of aromatic nitrogens is 2. The van der Waals surface area contributed by atoms with Gasteiger partial charge in [0.2, 0.25) is 0 Å². The van der Waals surface area contributed by atoms with E-state index in [-0.39, 0.29) is 5.91 Å². The number of benzene rings is 1. The minimum absolute atomic E-state index is 0.320. The molecule has 7 heteroatoms. The standard InChI is InChI=1S/C15H18ClN3O3/c1-5-19-14(13(16)9(2)18-19)15(20)17-10-6-7-11(21-3)12(8-10)22-4/h6-8H,5H2,1-4H3,(H,17,20). The summed E-state index contributed by atoms with van der Waals surface area (Å²) >= 11 is 6.17. The van der Waals surface area contributed by atoms with Gasteiger partial charge in [-0.25, -0.2) is 0 Å². The molecule has 0 atom stereocenters. The fourth-order valence-electron chi connectivity index (χ4n) is 2.11. The fraction of sp³-hybridized carbons (Fsp3) is 0.333. The maximum atomic E-state index is 12.5. The molecule has 1 N–H and O–H groups in total. The highest BCUT2D eigenvalue weighted by Gasteiger charge is 2.20. The predicted octanol–water partition coefficient (Wildman–Crippen LogP) is 3.13. The van der Waals surface area contributed by atoms with Crippen LogP contribution in [0.1, 0.15) is 23.1 Å². The minimum Gasteiger partial charge on any atom is -0.493 e. The SMILES string of the molecule is CCn1nc(C)c(Cl)c1C(=O)Nc1ccc(OC)c(OC)c1. The van der Waals surface area contributed by atoms with Gasteiger partial charge in [0.25, 0.3) is 5.91 Å². The van der Waals surface area contributed by atoms with Crippen molar-refractivity contribution >= 4 is 23.2 Å². The topological polar surface area (TPSA) is 65.4 Å². The zero-order valence-corrected chi connectivity index (χ0v) is 13.7. The number of nitrogens with zero attached hydrogens (tertiary/aromatic N) is 2. The van der Waals surface area contributed by atoms with Crippen molar-refractivity contribution in [3.8, 4) is 11.5 Å². The van der Waals surface area contributed by atoms with E-state index in [2.05, 4.69) is 10.4 Å². The van der Waals surface area contributed by atoms with E-state index in [0.717, 1.165) is 0 Å². The van der Waals surface area contributed by atoms with E-state index in [1.165, 1.54) is 7.11 Å². The lowest BCUT2D eigenvalue weighted by molar-refractivity contribution is 0.101. The number of halogens is 1. The first-order valence-electron chi connectivity index (χ1n) is 6.78. The summed E-state index contributed by atoms with van der Waals surface area (Å²) in [6.45, 7) is 4.22. The first kappa shape index (κ1) is 16.2. The van der Waals surface area contributed by atoms with Crippen LogP contribution in [0.4, 0.5) is 5.69 Å². The Morgan fingerprint density at radius 2 is 2.00 bits per heavy atom. The molecule has 1 aromatic heterocycles. The molecule has 0 bridgehead atoms. The van der Waals surface area contributed by atoms with Crippen LogP contribution < -0.4 is 14.8 Å². The molecule has 0 spiro atoms. The molecule has 0 radical (unpaired) electrons. The molecule has 118 valence electrons. The Balaban J connectivity index is 2.29. The van der Waals surface area contributed by atoms with E-state index in [9.17, 15) is 4.79 Å². The van der Waals surface area contributed by atoms with Crippen molar-refractivity contribution < 1.29 is 14.3 Å². The van der Waals surface area contributed by atoms with E-state index in [4.69, 9.17) is 21.1 Å². The maximum absolute atomic E-state index is 12.5. The molecule has 0 aliphatic heterocycles. The third-order valence-corrected chi connectivity index (χ3v) is 3.66. The van der Waals surface area contributed by atoms with Crippen LogP contribution >= 0.6 is 11.6 Å². The number of amides is 1. The largest absolute Gasteiger partial charge is 0.493 e.